The van der Waals surface area contributed by atoms with Gasteiger partial charge in [0.25, 0.3) is 0 Å². The van der Waals surface area contributed by atoms with Crippen LogP contribution in [0.3, 0.4) is 0 Å². The van der Waals surface area contributed by atoms with E-state index in [1.807, 2.05) is 4.90 Å². The molecule has 1 aliphatic heterocycles. The maximum Gasteiger partial charge on any atom is 0.237 e. The van der Waals surface area contributed by atoms with Crippen LogP contribution in [0.25, 0.3) is 0 Å². The minimum atomic E-state index is -0.451. The molecule has 7 heteroatoms. The Balaban J connectivity index is 1.92. The van der Waals surface area contributed by atoms with E-state index in [9.17, 15) is 9.59 Å². The Bertz CT molecular complexity index is 460. The van der Waals surface area contributed by atoms with E-state index in [2.05, 4.69) is 10.6 Å². The molecule has 0 bridgehead atoms. The molecule has 2 amide bonds. The second-order valence-corrected chi connectivity index (χ2v) is 4.83. The van der Waals surface area contributed by atoms with Gasteiger partial charge >= 0.3 is 0 Å². The first-order chi connectivity index (χ1) is 9.59. The van der Waals surface area contributed by atoms with Crippen molar-refractivity contribution in [3.8, 4) is 0 Å². The third-order valence-electron chi connectivity index (χ3n) is 3.51. The standard InChI is InChI=1S/C13H20N4O3/c1-9(13(19)16-7-10-3-2-6-20-10)17-5-4-15-8-11(17)12(14)18/h2-3,6,9,11,15H,4-5,7-8H2,1H3,(H2,14,18)(H,16,19). The maximum absolute atomic E-state index is 12.1. The number of primary amides is 1. The van der Waals surface area contributed by atoms with Crippen LogP contribution in [0.15, 0.2) is 22.8 Å². The van der Waals surface area contributed by atoms with Crippen molar-refractivity contribution in [1.82, 2.24) is 15.5 Å². The zero-order chi connectivity index (χ0) is 14.5. The van der Waals surface area contributed by atoms with Gasteiger partial charge in [-0.15, -0.1) is 0 Å². The highest BCUT2D eigenvalue weighted by molar-refractivity contribution is 5.84. The van der Waals surface area contributed by atoms with Gasteiger partial charge in [-0.2, -0.15) is 0 Å². The molecular weight excluding hydrogens is 260 g/mol. The van der Waals surface area contributed by atoms with Crippen LogP contribution in [0.2, 0.25) is 0 Å². The van der Waals surface area contributed by atoms with E-state index in [4.69, 9.17) is 10.2 Å². The zero-order valence-corrected chi connectivity index (χ0v) is 11.5. The second-order valence-electron chi connectivity index (χ2n) is 4.83. The van der Waals surface area contributed by atoms with Crippen molar-refractivity contribution in [2.75, 3.05) is 19.6 Å². The first-order valence-electron chi connectivity index (χ1n) is 6.65. The second kappa shape index (κ2) is 6.53. The van der Waals surface area contributed by atoms with Crippen LogP contribution in [-0.4, -0.2) is 48.4 Å². The van der Waals surface area contributed by atoms with Crippen molar-refractivity contribution in [2.24, 2.45) is 5.73 Å². The topological polar surface area (TPSA) is 101 Å². The summed E-state index contributed by atoms with van der Waals surface area (Å²) in [7, 11) is 0. The summed E-state index contributed by atoms with van der Waals surface area (Å²) in [6, 6.07) is 2.70. The van der Waals surface area contributed by atoms with Crippen LogP contribution >= 0.6 is 0 Å². The number of amides is 2. The number of nitrogens with two attached hydrogens (primary N) is 1. The highest BCUT2D eigenvalue weighted by Gasteiger charge is 2.33. The van der Waals surface area contributed by atoms with Gasteiger partial charge in [0.2, 0.25) is 11.8 Å². The molecule has 1 saturated heterocycles. The van der Waals surface area contributed by atoms with Gasteiger partial charge in [0.15, 0.2) is 0 Å². The highest BCUT2D eigenvalue weighted by Crippen LogP contribution is 2.09. The van der Waals surface area contributed by atoms with Crippen molar-refractivity contribution in [1.29, 1.82) is 0 Å². The summed E-state index contributed by atoms with van der Waals surface area (Å²) in [4.78, 5) is 25.4. The average Bonchev–Trinajstić information content (AvgIpc) is 2.97. The summed E-state index contributed by atoms with van der Waals surface area (Å²) in [5.74, 6) is 0.134. The lowest BCUT2D eigenvalue weighted by Crippen LogP contribution is -2.62. The maximum atomic E-state index is 12.1. The Kier molecular flexibility index (Phi) is 4.75. The lowest BCUT2D eigenvalue weighted by Gasteiger charge is -2.37. The van der Waals surface area contributed by atoms with Gasteiger partial charge in [-0.25, -0.2) is 0 Å². The van der Waals surface area contributed by atoms with E-state index < -0.39 is 18.0 Å². The number of hydrogen-bond acceptors (Lipinski definition) is 5. The minimum absolute atomic E-state index is 0.144. The van der Waals surface area contributed by atoms with Gasteiger partial charge in [-0.3, -0.25) is 14.5 Å². The van der Waals surface area contributed by atoms with E-state index in [1.54, 1.807) is 25.3 Å². The fourth-order valence-electron chi connectivity index (χ4n) is 2.33. The third kappa shape index (κ3) is 3.37. The first kappa shape index (κ1) is 14.5. The van der Waals surface area contributed by atoms with Crippen LogP contribution in [0.5, 0.6) is 0 Å². The van der Waals surface area contributed by atoms with Gasteiger partial charge < -0.3 is 20.8 Å². The van der Waals surface area contributed by atoms with Crippen LogP contribution < -0.4 is 16.4 Å². The zero-order valence-electron chi connectivity index (χ0n) is 11.5. The number of hydrogen-bond donors (Lipinski definition) is 3. The molecule has 2 atom stereocenters. The number of nitrogens with one attached hydrogen (secondary N) is 2. The Morgan fingerprint density at radius 2 is 2.45 bits per heavy atom. The number of nitrogens with zero attached hydrogens (tertiary/aromatic N) is 1. The number of carbonyl (C=O) groups is 2. The number of rotatable bonds is 5. The average molecular weight is 280 g/mol. The van der Waals surface area contributed by atoms with E-state index in [0.29, 0.717) is 25.4 Å². The lowest BCUT2D eigenvalue weighted by atomic mass is 10.1. The third-order valence-corrected chi connectivity index (χ3v) is 3.51. The Hall–Kier alpha value is -1.86. The fourth-order valence-corrected chi connectivity index (χ4v) is 2.33. The van der Waals surface area contributed by atoms with Gasteiger partial charge in [0.1, 0.15) is 11.8 Å². The largest absolute Gasteiger partial charge is 0.467 e. The van der Waals surface area contributed by atoms with E-state index in [-0.39, 0.29) is 5.91 Å². The molecule has 2 heterocycles. The Labute approximate surface area is 117 Å². The van der Waals surface area contributed by atoms with Crippen molar-refractivity contribution in [3.05, 3.63) is 24.2 Å². The molecule has 1 aromatic rings. The van der Waals surface area contributed by atoms with Gasteiger partial charge in [0, 0.05) is 19.6 Å². The van der Waals surface area contributed by atoms with E-state index in [0.717, 1.165) is 6.54 Å². The SMILES string of the molecule is CC(C(=O)NCc1ccco1)N1CCNCC1C(N)=O. The number of furan rings is 1. The molecule has 20 heavy (non-hydrogen) atoms. The Morgan fingerprint density at radius 1 is 1.65 bits per heavy atom. The van der Waals surface area contributed by atoms with Gasteiger partial charge in [-0.05, 0) is 19.1 Å². The molecule has 1 fully saturated rings. The van der Waals surface area contributed by atoms with Crippen LogP contribution in [0, 0.1) is 0 Å². The summed E-state index contributed by atoms with van der Waals surface area (Å²) in [6.07, 6.45) is 1.56. The summed E-state index contributed by atoms with van der Waals surface area (Å²) >= 11 is 0. The fraction of sp³-hybridized carbons (Fsp3) is 0.538. The van der Waals surface area contributed by atoms with Crippen molar-refractivity contribution in [2.45, 2.75) is 25.6 Å². The number of carbonyl (C=O) groups excluding carboxylic acids is 2. The Morgan fingerprint density at radius 3 is 3.10 bits per heavy atom. The highest BCUT2D eigenvalue weighted by atomic mass is 16.3. The molecule has 4 N–H and O–H groups in total. The number of piperazine rings is 1. The molecule has 110 valence electrons. The van der Waals surface area contributed by atoms with Crippen molar-refractivity contribution < 1.29 is 14.0 Å². The monoisotopic (exact) mass is 280 g/mol. The van der Waals surface area contributed by atoms with Crippen LogP contribution in [0.4, 0.5) is 0 Å². The minimum Gasteiger partial charge on any atom is -0.467 e. The van der Waals surface area contributed by atoms with Crippen molar-refractivity contribution in [3.63, 3.8) is 0 Å². The molecule has 0 saturated carbocycles. The molecule has 2 unspecified atom stereocenters. The first-order valence-corrected chi connectivity index (χ1v) is 6.65. The normalized spacial score (nSPS) is 21.4. The van der Waals surface area contributed by atoms with E-state index >= 15 is 0 Å². The summed E-state index contributed by atoms with van der Waals surface area (Å²) in [5, 5.41) is 5.90. The van der Waals surface area contributed by atoms with Crippen molar-refractivity contribution >= 4 is 11.8 Å². The summed E-state index contributed by atoms with van der Waals surface area (Å²) in [5.41, 5.74) is 5.38. The molecule has 7 nitrogen and oxygen atoms in total. The van der Waals surface area contributed by atoms with E-state index in [1.165, 1.54) is 0 Å². The predicted molar refractivity (Wildman–Crippen MR) is 72.6 cm³/mol. The molecule has 1 aliphatic rings. The summed E-state index contributed by atoms with van der Waals surface area (Å²) < 4.78 is 5.16. The van der Waals surface area contributed by atoms with Gasteiger partial charge in [-0.1, -0.05) is 0 Å². The molecule has 0 spiro atoms. The quantitative estimate of drug-likeness (QED) is 0.645. The molecule has 2 rings (SSSR count). The predicted octanol–water partition coefficient (Wildman–Crippen LogP) is -0.957. The van der Waals surface area contributed by atoms with Crippen LogP contribution in [0.1, 0.15) is 12.7 Å². The molecule has 0 aliphatic carbocycles. The van der Waals surface area contributed by atoms with Gasteiger partial charge in [0.05, 0.1) is 18.8 Å². The molecular formula is C13H20N4O3. The summed E-state index contributed by atoms with van der Waals surface area (Å²) in [6.45, 7) is 3.94. The smallest absolute Gasteiger partial charge is 0.237 e. The van der Waals surface area contributed by atoms with Crippen LogP contribution in [-0.2, 0) is 16.1 Å². The molecule has 1 aromatic heterocycles. The molecule has 0 radical (unpaired) electrons. The molecule has 0 aromatic carbocycles. The lowest BCUT2D eigenvalue weighted by molar-refractivity contribution is -0.131.